The summed E-state index contributed by atoms with van der Waals surface area (Å²) in [7, 11) is -1.74. The third kappa shape index (κ3) is 3.39. The molecule has 20 heavy (non-hydrogen) atoms. The van der Waals surface area contributed by atoms with Crippen LogP contribution in [0.25, 0.3) is 0 Å². The van der Waals surface area contributed by atoms with Crippen molar-refractivity contribution in [2.24, 2.45) is 0 Å². The maximum atomic E-state index is 10.9. The fraction of sp³-hybridized carbons (Fsp3) is 0.600. The van der Waals surface area contributed by atoms with Gasteiger partial charge >= 0.3 is 0 Å². The predicted molar refractivity (Wildman–Crippen MR) is 64.7 cm³/mol. The Labute approximate surface area is 115 Å². The molecule has 2 aliphatic heterocycles. The zero-order chi connectivity index (χ0) is 15.7. The highest BCUT2D eigenvalue weighted by atomic mass is 32.2. The average Bonchev–Trinajstić information content (AvgIpc) is 2.77. The molecule has 0 aliphatic carbocycles. The number of hydrogen-bond donors (Lipinski definition) is 1. The minimum absolute atomic E-state index is 0.0602. The first-order valence-corrected chi connectivity index (χ1v) is 7.12. The Kier molecular flexibility index (Phi) is 4.61. The summed E-state index contributed by atoms with van der Waals surface area (Å²) in [6.45, 7) is 0. The van der Waals surface area contributed by atoms with Crippen LogP contribution >= 0.6 is 0 Å². The molecular weight excluding hydrogens is 292 g/mol. The van der Waals surface area contributed by atoms with Crippen molar-refractivity contribution < 1.29 is 32.1 Å². The van der Waals surface area contributed by atoms with Gasteiger partial charge in [0.2, 0.25) is 23.6 Å². The molecule has 2 heterocycles. The van der Waals surface area contributed by atoms with Crippen molar-refractivity contribution in [1.29, 1.82) is 0 Å². The Morgan fingerprint density at radius 2 is 1.40 bits per heavy atom. The van der Waals surface area contributed by atoms with E-state index >= 15 is 0 Å². The van der Waals surface area contributed by atoms with Gasteiger partial charge in [0.25, 0.3) is 10.1 Å². The number of hydrogen-bond acceptors (Lipinski definition) is 6. The molecule has 0 aromatic heterocycles. The van der Waals surface area contributed by atoms with Crippen molar-refractivity contribution >= 4 is 33.7 Å². The molecule has 2 fully saturated rings. The number of likely N-dealkylation sites (tertiary alicyclic amines) is 2. The molecule has 0 radical (unpaired) electrons. The minimum Gasteiger partial charge on any atom is -0.286 e. The SMILES string of the molecule is CN1C(=O)CC(S(=O)(=O)O)C1=O.CN1C(=O)CCC1=O. The highest BCUT2D eigenvalue weighted by molar-refractivity contribution is 7.87. The first kappa shape index (κ1) is 16.2. The summed E-state index contributed by atoms with van der Waals surface area (Å²) in [5.41, 5.74) is 0. The van der Waals surface area contributed by atoms with E-state index < -0.39 is 33.6 Å². The van der Waals surface area contributed by atoms with Gasteiger partial charge in [-0.25, -0.2) is 0 Å². The van der Waals surface area contributed by atoms with Crippen molar-refractivity contribution in [3.05, 3.63) is 0 Å². The molecular formula is C10H14N2O7S. The second-order valence-electron chi connectivity index (χ2n) is 4.35. The second-order valence-corrected chi connectivity index (χ2v) is 5.94. The van der Waals surface area contributed by atoms with Gasteiger partial charge in [-0.3, -0.25) is 33.5 Å². The molecule has 1 unspecified atom stereocenters. The molecule has 0 saturated carbocycles. The summed E-state index contributed by atoms with van der Waals surface area (Å²) in [6.07, 6.45) is 0.332. The number of carbonyl (C=O) groups excluding carboxylic acids is 4. The van der Waals surface area contributed by atoms with Crippen molar-refractivity contribution in [3.63, 3.8) is 0 Å². The van der Waals surface area contributed by atoms with E-state index in [0.717, 1.165) is 0 Å². The van der Waals surface area contributed by atoms with Crippen molar-refractivity contribution in [1.82, 2.24) is 9.80 Å². The lowest BCUT2D eigenvalue weighted by atomic mass is 10.4. The van der Waals surface area contributed by atoms with Crippen molar-refractivity contribution in [2.45, 2.75) is 24.5 Å². The van der Waals surface area contributed by atoms with E-state index in [9.17, 15) is 27.6 Å². The Hall–Kier alpha value is -1.81. The largest absolute Gasteiger partial charge is 0.286 e. The molecule has 0 aromatic rings. The molecule has 112 valence electrons. The van der Waals surface area contributed by atoms with Gasteiger partial charge in [0.15, 0.2) is 5.25 Å². The Morgan fingerprint density at radius 3 is 1.55 bits per heavy atom. The number of rotatable bonds is 1. The lowest BCUT2D eigenvalue weighted by molar-refractivity contribution is -0.138. The molecule has 2 aliphatic rings. The van der Waals surface area contributed by atoms with Gasteiger partial charge in [-0.1, -0.05) is 0 Å². The summed E-state index contributed by atoms with van der Waals surface area (Å²) < 4.78 is 29.5. The standard InChI is InChI=1S/C5H7NO5S.C5H7NO2/c1-6-4(7)2-3(5(6)8)12(9,10)11;1-6-4(7)2-3-5(6)8/h3H,2H2,1H3,(H,9,10,11);2-3H2,1H3. The van der Waals surface area contributed by atoms with Gasteiger partial charge < -0.3 is 0 Å². The van der Waals surface area contributed by atoms with Crippen LogP contribution in [0.1, 0.15) is 19.3 Å². The van der Waals surface area contributed by atoms with Gasteiger partial charge in [0, 0.05) is 26.9 Å². The first-order valence-electron chi connectivity index (χ1n) is 5.61. The molecule has 0 bridgehead atoms. The summed E-state index contributed by atoms with van der Waals surface area (Å²) in [5.74, 6) is -1.59. The monoisotopic (exact) mass is 306 g/mol. The van der Waals surface area contributed by atoms with Crippen LogP contribution in [0.5, 0.6) is 0 Å². The van der Waals surface area contributed by atoms with Crippen LogP contribution in [-0.2, 0) is 29.3 Å². The molecule has 2 rings (SSSR count). The summed E-state index contributed by atoms with van der Waals surface area (Å²) >= 11 is 0. The smallest absolute Gasteiger partial charge is 0.277 e. The number of imide groups is 2. The number of carbonyl (C=O) groups is 4. The fourth-order valence-corrected chi connectivity index (χ4v) is 2.41. The lowest BCUT2D eigenvalue weighted by Crippen LogP contribution is -2.31. The van der Waals surface area contributed by atoms with Crippen LogP contribution in [0.15, 0.2) is 0 Å². The van der Waals surface area contributed by atoms with Gasteiger partial charge in [0.1, 0.15) is 0 Å². The molecule has 0 aromatic carbocycles. The summed E-state index contributed by atoms with van der Waals surface area (Å²) in [4.78, 5) is 44.5. The van der Waals surface area contributed by atoms with E-state index in [1.807, 2.05) is 0 Å². The van der Waals surface area contributed by atoms with Crippen LogP contribution < -0.4 is 0 Å². The summed E-state index contributed by atoms with van der Waals surface area (Å²) in [5, 5.41) is -1.60. The highest BCUT2D eigenvalue weighted by Gasteiger charge is 2.43. The Morgan fingerprint density at radius 1 is 0.950 bits per heavy atom. The quantitative estimate of drug-likeness (QED) is 0.456. The Balaban J connectivity index is 0.000000217. The number of nitrogens with zero attached hydrogens (tertiary/aromatic N) is 2. The lowest BCUT2D eigenvalue weighted by Gasteiger charge is -2.04. The van der Waals surface area contributed by atoms with Crippen LogP contribution in [0.3, 0.4) is 0 Å². The topological polar surface area (TPSA) is 129 Å². The maximum Gasteiger partial charge on any atom is 0.277 e. The average molecular weight is 306 g/mol. The molecule has 0 spiro atoms. The molecule has 4 amide bonds. The van der Waals surface area contributed by atoms with E-state index in [-0.39, 0.29) is 11.8 Å². The third-order valence-corrected chi connectivity index (χ3v) is 4.09. The minimum atomic E-state index is -4.43. The third-order valence-electron chi connectivity index (χ3n) is 3.00. The van der Waals surface area contributed by atoms with E-state index in [4.69, 9.17) is 4.55 Å². The fourth-order valence-electron chi connectivity index (χ4n) is 1.64. The zero-order valence-corrected chi connectivity index (χ0v) is 11.7. The molecule has 9 nitrogen and oxygen atoms in total. The zero-order valence-electron chi connectivity index (χ0n) is 10.9. The van der Waals surface area contributed by atoms with Gasteiger partial charge in [-0.15, -0.1) is 0 Å². The van der Waals surface area contributed by atoms with E-state index in [2.05, 4.69) is 0 Å². The Bertz CT molecular complexity index is 552. The van der Waals surface area contributed by atoms with Crippen molar-refractivity contribution in [2.75, 3.05) is 14.1 Å². The first-order chi connectivity index (χ1) is 9.05. The van der Waals surface area contributed by atoms with Crippen LogP contribution in [0, 0.1) is 0 Å². The molecule has 10 heteroatoms. The maximum absolute atomic E-state index is 10.9. The normalized spacial score (nSPS) is 23.2. The van der Waals surface area contributed by atoms with Gasteiger partial charge in [0.05, 0.1) is 6.42 Å². The van der Waals surface area contributed by atoms with Crippen LogP contribution in [-0.4, -0.2) is 65.7 Å². The van der Waals surface area contributed by atoms with E-state index in [1.54, 1.807) is 0 Å². The molecule has 2 saturated heterocycles. The second kappa shape index (κ2) is 5.67. The van der Waals surface area contributed by atoms with Gasteiger partial charge in [-0.05, 0) is 0 Å². The summed E-state index contributed by atoms with van der Waals surface area (Å²) in [6, 6.07) is 0. The highest BCUT2D eigenvalue weighted by Crippen LogP contribution is 2.16. The number of amides is 4. The van der Waals surface area contributed by atoms with Crippen molar-refractivity contribution in [3.8, 4) is 0 Å². The molecule has 1 N–H and O–H groups in total. The van der Waals surface area contributed by atoms with Crippen LogP contribution in [0.2, 0.25) is 0 Å². The van der Waals surface area contributed by atoms with Crippen LogP contribution in [0.4, 0.5) is 0 Å². The van der Waals surface area contributed by atoms with E-state index in [0.29, 0.717) is 17.7 Å². The van der Waals surface area contributed by atoms with Gasteiger partial charge in [-0.2, -0.15) is 8.42 Å². The predicted octanol–water partition coefficient (Wildman–Crippen LogP) is -1.60. The molecule has 1 atom stereocenters. The van der Waals surface area contributed by atoms with E-state index in [1.165, 1.54) is 19.0 Å².